The van der Waals surface area contributed by atoms with Crippen LogP contribution in [0, 0.1) is 6.57 Å². The Bertz CT molecular complexity index is 235. The quantitative estimate of drug-likeness (QED) is 0.534. The zero-order valence-electron chi connectivity index (χ0n) is 10.1. The van der Waals surface area contributed by atoms with E-state index >= 15 is 0 Å². The maximum absolute atomic E-state index is 7.32. The van der Waals surface area contributed by atoms with Gasteiger partial charge in [-0.2, -0.15) is 5.43 Å². The minimum Gasteiger partial charge on any atom is -0.291 e. The number of hydrogen-bond donors (Lipinski definition) is 1. The summed E-state index contributed by atoms with van der Waals surface area (Å²) in [5.41, 5.74) is 2.85. The van der Waals surface area contributed by atoms with Gasteiger partial charge >= 0.3 is 5.66 Å². The normalized spacial score (nSPS) is 21.9. The molecule has 86 valence electrons. The molecule has 0 unspecified atom stereocenters. The number of nitrogens with one attached hydrogen (secondary N) is 1. The molecule has 0 aliphatic carbocycles. The van der Waals surface area contributed by atoms with E-state index in [2.05, 4.69) is 20.3 Å². The van der Waals surface area contributed by atoms with Crippen LogP contribution in [0.2, 0.25) is 0 Å². The number of rotatable bonds is 3. The highest BCUT2D eigenvalue weighted by Gasteiger charge is 2.41. The van der Waals surface area contributed by atoms with Crippen molar-refractivity contribution in [2.45, 2.75) is 18.5 Å². The molecule has 1 heterocycles. The first kappa shape index (κ1) is 12.4. The second-order valence-electron chi connectivity index (χ2n) is 4.45. The third-order valence-corrected chi connectivity index (χ3v) is 2.78. The standard InChI is InChI=1S/C10H21N5/c1-11-10(12-13(2)3)6-8-15(9-7-10)14(4)5/h12H,6-9H2,2-5H3. The molecule has 0 aromatic heterocycles. The summed E-state index contributed by atoms with van der Waals surface area (Å²) in [4.78, 5) is 3.76. The van der Waals surface area contributed by atoms with Gasteiger partial charge < -0.3 is 0 Å². The van der Waals surface area contributed by atoms with E-state index in [-0.39, 0.29) is 0 Å². The average Bonchev–Trinajstić information content (AvgIpc) is 2.17. The first-order chi connectivity index (χ1) is 6.99. The minimum atomic E-state index is -0.393. The Balaban J connectivity index is 2.56. The molecule has 0 bridgehead atoms. The van der Waals surface area contributed by atoms with Gasteiger partial charge in [0.1, 0.15) is 0 Å². The van der Waals surface area contributed by atoms with Gasteiger partial charge in [0.2, 0.25) is 0 Å². The van der Waals surface area contributed by atoms with Crippen molar-refractivity contribution >= 4 is 0 Å². The second-order valence-corrected chi connectivity index (χ2v) is 4.45. The summed E-state index contributed by atoms with van der Waals surface area (Å²) < 4.78 is 0. The lowest BCUT2D eigenvalue weighted by Gasteiger charge is -2.38. The van der Waals surface area contributed by atoms with Crippen LogP contribution in [0.3, 0.4) is 0 Å². The van der Waals surface area contributed by atoms with Crippen LogP contribution in [-0.2, 0) is 0 Å². The Hall–Kier alpha value is -0.670. The van der Waals surface area contributed by atoms with Crippen molar-refractivity contribution in [3.63, 3.8) is 0 Å². The zero-order valence-corrected chi connectivity index (χ0v) is 10.1. The maximum atomic E-state index is 7.32. The van der Waals surface area contributed by atoms with Crippen molar-refractivity contribution < 1.29 is 0 Å². The molecular weight excluding hydrogens is 190 g/mol. The molecule has 0 spiro atoms. The van der Waals surface area contributed by atoms with Crippen LogP contribution < -0.4 is 5.43 Å². The first-order valence-electron chi connectivity index (χ1n) is 5.25. The Kier molecular flexibility index (Phi) is 4.05. The molecule has 0 aromatic rings. The highest BCUT2D eigenvalue weighted by atomic mass is 15.6. The Morgan fingerprint density at radius 3 is 2.07 bits per heavy atom. The summed E-state index contributed by atoms with van der Waals surface area (Å²) in [5, 5.41) is 6.24. The molecule has 0 amide bonds. The summed E-state index contributed by atoms with van der Waals surface area (Å²) in [6, 6.07) is 0. The van der Waals surface area contributed by atoms with Gasteiger partial charge in [0.15, 0.2) is 0 Å². The largest absolute Gasteiger partial charge is 0.300 e. The van der Waals surface area contributed by atoms with Crippen LogP contribution in [0.4, 0.5) is 0 Å². The fraction of sp³-hybridized carbons (Fsp3) is 0.900. The smallest absolute Gasteiger partial charge is 0.291 e. The van der Waals surface area contributed by atoms with Crippen LogP contribution in [0.1, 0.15) is 12.8 Å². The highest BCUT2D eigenvalue weighted by molar-refractivity contribution is 4.98. The molecule has 0 saturated carbocycles. The van der Waals surface area contributed by atoms with Crippen molar-refractivity contribution in [3.05, 3.63) is 11.4 Å². The highest BCUT2D eigenvalue weighted by Crippen LogP contribution is 2.24. The van der Waals surface area contributed by atoms with Crippen LogP contribution in [0.15, 0.2) is 0 Å². The van der Waals surface area contributed by atoms with Gasteiger partial charge in [-0.1, -0.05) is 0 Å². The van der Waals surface area contributed by atoms with Gasteiger partial charge in [0.05, 0.1) is 12.8 Å². The average molecular weight is 211 g/mol. The predicted octanol–water partition coefficient (Wildman–Crippen LogP) is 0.241. The SMILES string of the molecule is [C-]#[N+]C1(NN(C)C)CCN(N(C)C)CC1. The molecule has 1 aliphatic heterocycles. The lowest BCUT2D eigenvalue weighted by atomic mass is 9.99. The Morgan fingerprint density at radius 1 is 1.20 bits per heavy atom. The Labute approximate surface area is 92.4 Å². The maximum Gasteiger partial charge on any atom is 0.300 e. The molecule has 1 rings (SSSR count). The number of hydrazine groups is 2. The number of hydrogen-bond acceptors (Lipinski definition) is 4. The van der Waals surface area contributed by atoms with Crippen molar-refractivity contribution in [2.24, 2.45) is 0 Å². The number of piperidine rings is 1. The van der Waals surface area contributed by atoms with E-state index in [0.29, 0.717) is 0 Å². The monoisotopic (exact) mass is 211 g/mol. The molecular formula is C10H21N5. The van der Waals surface area contributed by atoms with Crippen LogP contribution >= 0.6 is 0 Å². The van der Waals surface area contributed by atoms with Crippen molar-refractivity contribution in [3.8, 4) is 0 Å². The fourth-order valence-corrected chi connectivity index (χ4v) is 1.93. The van der Waals surface area contributed by atoms with Crippen LogP contribution in [0.25, 0.3) is 4.85 Å². The molecule has 15 heavy (non-hydrogen) atoms. The van der Waals surface area contributed by atoms with Gasteiger partial charge in [0, 0.05) is 41.3 Å². The van der Waals surface area contributed by atoms with Gasteiger partial charge in [0.25, 0.3) is 0 Å². The fourth-order valence-electron chi connectivity index (χ4n) is 1.93. The summed E-state index contributed by atoms with van der Waals surface area (Å²) in [7, 11) is 7.96. The molecule has 5 heteroatoms. The second kappa shape index (κ2) is 4.90. The Morgan fingerprint density at radius 2 is 1.73 bits per heavy atom. The van der Waals surface area contributed by atoms with Gasteiger partial charge in [-0.25, -0.2) is 21.6 Å². The van der Waals surface area contributed by atoms with E-state index in [1.165, 1.54) is 0 Å². The summed E-state index contributed by atoms with van der Waals surface area (Å²) >= 11 is 0. The van der Waals surface area contributed by atoms with E-state index < -0.39 is 5.66 Å². The third kappa shape index (κ3) is 3.14. The number of nitrogens with zero attached hydrogens (tertiary/aromatic N) is 4. The summed E-state index contributed by atoms with van der Waals surface area (Å²) in [5.74, 6) is 0. The molecule has 0 radical (unpaired) electrons. The van der Waals surface area contributed by atoms with Crippen LogP contribution in [-0.4, -0.2) is 62.0 Å². The zero-order chi connectivity index (χ0) is 11.5. The first-order valence-corrected chi connectivity index (χ1v) is 5.25. The molecule has 0 atom stereocenters. The molecule has 5 nitrogen and oxygen atoms in total. The van der Waals surface area contributed by atoms with Crippen molar-refractivity contribution in [2.75, 3.05) is 41.3 Å². The molecule has 1 fully saturated rings. The molecule has 1 N–H and O–H groups in total. The third-order valence-electron chi connectivity index (χ3n) is 2.78. The van der Waals surface area contributed by atoms with E-state index in [1.807, 2.05) is 33.2 Å². The lowest BCUT2D eigenvalue weighted by Crippen LogP contribution is -2.57. The molecule has 1 aliphatic rings. The van der Waals surface area contributed by atoms with Gasteiger partial charge in [-0.3, -0.25) is 4.85 Å². The van der Waals surface area contributed by atoms with Crippen molar-refractivity contribution in [1.82, 2.24) is 20.5 Å². The summed E-state index contributed by atoms with van der Waals surface area (Å²) in [6.45, 7) is 9.20. The molecule has 0 aromatic carbocycles. The van der Waals surface area contributed by atoms with E-state index in [1.54, 1.807) is 0 Å². The van der Waals surface area contributed by atoms with E-state index in [4.69, 9.17) is 6.57 Å². The van der Waals surface area contributed by atoms with E-state index in [9.17, 15) is 0 Å². The predicted molar refractivity (Wildman–Crippen MR) is 60.6 cm³/mol. The lowest BCUT2D eigenvalue weighted by molar-refractivity contribution is -0.0212. The topological polar surface area (TPSA) is 26.1 Å². The van der Waals surface area contributed by atoms with Crippen molar-refractivity contribution in [1.29, 1.82) is 0 Å². The van der Waals surface area contributed by atoms with E-state index in [0.717, 1.165) is 25.9 Å². The van der Waals surface area contributed by atoms with Crippen LogP contribution in [0.5, 0.6) is 0 Å². The van der Waals surface area contributed by atoms with Gasteiger partial charge in [-0.05, 0) is 0 Å². The molecule has 1 saturated heterocycles. The van der Waals surface area contributed by atoms with Gasteiger partial charge in [-0.15, -0.1) is 0 Å². The summed E-state index contributed by atoms with van der Waals surface area (Å²) in [6.07, 6.45) is 1.74. The minimum absolute atomic E-state index is 0.393.